The van der Waals surface area contributed by atoms with Crippen molar-refractivity contribution < 1.29 is 0 Å². The lowest BCUT2D eigenvalue weighted by Crippen LogP contribution is -2.31. The van der Waals surface area contributed by atoms with Gasteiger partial charge in [-0.15, -0.1) is 0 Å². The Balaban J connectivity index is 2.19. The molecule has 0 unspecified atom stereocenters. The van der Waals surface area contributed by atoms with Crippen LogP contribution in [-0.4, -0.2) is 16.0 Å². The Bertz CT molecular complexity index is 728. The number of nitrogens with one attached hydrogen (secondary N) is 2. The highest BCUT2D eigenvalue weighted by Gasteiger charge is 2.10. The van der Waals surface area contributed by atoms with Gasteiger partial charge in [0.05, 0.1) is 5.52 Å². The standard InChI is InChI=1S/C12H12N6S/c13-15-12(16-14)7-1-2-10-9(5-7)11(18-17-10)8-3-4-19-6-8/h1-6H,13-14H2,(H,15,16)(H,17,18). The number of hydrazone groups is 1. The van der Waals surface area contributed by atoms with Gasteiger partial charge in [-0.1, -0.05) is 0 Å². The number of hydrogen-bond acceptors (Lipinski definition) is 5. The van der Waals surface area contributed by atoms with Crippen molar-refractivity contribution in [1.82, 2.24) is 15.6 Å². The number of H-pyrrole nitrogens is 1. The molecule has 0 aliphatic heterocycles. The Morgan fingerprint density at radius 2 is 2.26 bits per heavy atom. The molecule has 2 heterocycles. The molecule has 0 aliphatic carbocycles. The van der Waals surface area contributed by atoms with Crippen molar-refractivity contribution in [1.29, 1.82) is 0 Å². The summed E-state index contributed by atoms with van der Waals surface area (Å²) in [6.45, 7) is 0. The molecule has 0 saturated heterocycles. The lowest BCUT2D eigenvalue weighted by atomic mass is 10.1. The van der Waals surface area contributed by atoms with Crippen molar-refractivity contribution >= 4 is 28.1 Å². The number of thiophene rings is 1. The molecule has 0 bridgehead atoms. The molecule has 3 aromatic rings. The van der Waals surface area contributed by atoms with Gasteiger partial charge in [-0.3, -0.25) is 5.10 Å². The number of nitrogens with zero attached hydrogens (tertiary/aromatic N) is 2. The highest BCUT2D eigenvalue weighted by molar-refractivity contribution is 7.08. The average Bonchev–Trinajstić information content (AvgIpc) is 3.08. The summed E-state index contributed by atoms with van der Waals surface area (Å²) in [5.41, 5.74) is 6.24. The van der Waals surface area contributed by atoms with Gasteiger partial charge < -0.3 is 11.3 Å². The van der Waals surface area contributed by atoms with Gasteiger partial charge in [0.25, 0.3) is 0 Å². The summed E-state index contributed by atoms with van der Waals surface area (Å²) in [7, 11) is 0. The molecule has 96 valence electrons. The second-order valence-electron chi connectivity index (χ2n) is 3.97. The van der Waals surface area contributed by atoms with Crippen LogP contribution in [0.15, 0.2) is 40.1 Å². The first kappa shape index (κ1) is 11.7. The zero-order valence-corrected chi connectivity index (χ0v) is 10.7. The molecule has 0 radical (unpaired) electrons. The summed E-state index contributed by atoms with van der Waals surface area (Å²) in [6.07, 6.45) is 0. The molecule has 0 aliphatic rings. The summed E-state index contributed by atoms with van der Waals surface area (Å²) in [5.74, 6) is 11.1. The number of nitrogens with two attached hydrogens (primary N) is 2. The van der Waals surface area contributed by atoms with Gasteiger partial charge in [-0.2, -0.15) is 21.5 Å². The van der Waals surface area contributed by atoms with E-state index < -0.39 is 0 Å². The van der Waals surface area contributed by atoms with Crippen molar-refractivity contribution in [2.75, 3.05) is 0 Å². The molecule has 6 nitrogen and oxygen atoms in total. The minimum Gasteiger partial charge on any atom is -0.321 e. The summed E-state index contributed by atoms with van der Waals surface area (Å²) >= 11 is 1.64. The van der Waals surface area contributed by atoms with Crippen LogP contribution in [0.1, 0.15) is 5.56 Å². The molecule has 7 heteroatoms. The van der Waals surface area contributed by atoms with E-state index in [1.54, 1.807) is 11.3 Å². The van der Waals surface area contributed by atoms with Crippen molar-refractivity contribution in [3.63, 3.8) is 0 Å². The van der Waals surface area contributed by atoms with Crippen LogP contribution >= 0.6 is 11.3 Å². The number of aromatic amines is 1. The van der Waals surface area contributed by atoms with Gasteiger partial charge in [0.15, 0.2) is 5.84 Å². The van der Waals surface area contributed by atoms with E-state index in [4.69, 9.17) is 11.7 Å². The van der Waals surface area contributed by atoms with Gasteiger partial charge in [-0.25, -0.2) is 5.84 Å². The van der Waals surface area contributed by atoms with E-state index >= 15 is 0 Å². The molecule has 0 fully saturated rings. The highest BCUT2D eigenvalue weighted by atomic mass is 32.1. The maximum absolute atomic E-state index is 5.38. The molecule has 0 amide bonds. The van der Waals surface area contributed by atoms with Crippen LogP contribution in [-0.2, 0) is 0 Å². The van der Waals surface area contributed by atoms with Crippen LogP contribution in [0.25, 0.3) is 22.2 Å². The third kappa shape index (κ3) is 1.94. The molecular formula is C12H12N6S. The van der Waals surface area contributed by atoms with Gasteiger partial charge in [0, 0.05) is 21.9 Å². The first-order valence-corrected chi connectivity index (χ1v) is 6.53. The molecule has 0 atom stereocenters. The van der Waals surface area contributed by atoms with Gasteiger partial charge >= 0.3 is 0 Å². The smallest absolute Gasteiger partial charge is 0.166 e. The van der Waals surface area contributed by atoms with Gasteiger partial charge in [0.2, 0.25) is 0 Å². The zero-order chi connectivity index (χ0) is 13.2. The second kappa shape index (κ2) is 4.71. The van der Waals surface area contributed by atoms with E-state index in [9.17, 15) is 0 Å². The largest absolute Gasteiger partial charge is 0.321 e. The summed E-state index contributed by atoms with van der Waals surface area (Å²) in [6, 6.07) is 7.79. The van der Waals surface area contributed by atoms with E-state index in [-0.39, 0.29) is 0 Å². The Morgan fingerprint density at radius 3 is 2.95 bits per heavy atom. The molecule has 3 rings (SSSR count). The summed E-state index contributed by atoms with van der Waals surface area (Å²) in [4.78, 5) is 0. The number of benzene rings is 1. The average molecular weight is 272 g/mol. The Kier molecular flexibility index (Phi) is 2.90. The fourth-order valence-corrected chi connectivity index (χ4v) is 2.62. The van der Waals surface area contributed by atoms with E-state index in [2.05, 4.69) is 26.1 Å². The first-order chi connectivity index (χ1) is 9.33. The van der Waals surface area contributed by atoms with Crippen molar-refractivity contribution in [3.8, 4) is 11.3 Å². The topological polar surface area (TPSA) is 105 Å². The number of rotatable bonds is 2. The summed E-state index contributed by atoms with van der Waals surface area (Å²) < 4.78 is 0. The predicted molar refractivity (Wildman–Crippen MR) is 77.5 cm³/mol. The van der Waals surface area contributed by atoms with Crippen LogP contribution < -0.4 is 17.1 Å². The Hall–Kier alpha value is -2.38. The molecule has 0 saturated carbocycles. The third-order valence-electron chi connectivity index (χ3n) is 2.90. The van der Waals surface area contributed by atoms with Crippen LogP contribution in [0.4, 0.5) is 0 Å². The number of hydrogen-bond donors (Lipinski definition) is 4. The monoisotopic (exact) mass is 272 g/mol. The van der Waals surface area contributed by atoms with Crippen LogP contribution in [0, 0.1) is 0 Å². The highest BCUT2D eigenvalue weighted by Crippen LogP contribution is 2.28. The van der Waals surface area contributed by atoms with Crippen molar-refractivity contribution in [3.05, 3.63) is 40.6 Å². The molecular weight excluding hydrogens is 260 g/mol. The fourth-order valence-electron chi connectivity index (χ4n) is 1.98. The Morgan fingerprint density at radius 1 is 1.37 bits per heavy atom. The lowest BCUT2D eigenvalue weighted by molar-refractivity contribution is 1.00. The minimum atomic E-state index is 0.430. The summed E-state index contributed by atoms with van der Waals surface area (Å²) in [5, 5.41) is 16.1. The first-order valence-electron chi connectivity index (χ1n) is 5.59. The fraction of sp³-hybridized carbons (Fsp3) is 0. The third-order valence-corrected chi connectivity index (χ3v) is 3.58. The van der Waals surface area contributed by atoms with Crippen molar-refractivity contribution in [2.24, 2.45) is 16.8 Å². The van der Waals surface area contributed by atoms with Gasteiger partial charge in [0.1, 0.15) is 5.69 Å². The van der Waals surface area contributed by atoms with Crippen LogP contribution in [0.3, 0.4) is 0 Å². The normalized spacial score (nSPS) is 11.9. The zero-order valence-electron chi connectivity index (χ0n) is 9.92. The molecule has 0 spiro atoms. The minimum absolute atomic E-state index is 0.430. The van der Waals surface area contributed by atoms with E-state index in [1.807, 2.05) is 29.6 Å². The predicted octanol–water partition coefficient (Wildman–Crippen LogP) is 1.38. The quantitative estimate of drug-likeness (QED) is 0.245. The number of fused-ring (bicyclic) bond motifs is 1. The maximum Gasteiger partial charge on any atom is 0.166 e. The number of hydrazine groups is 1. The SMILES string of the molecule is N/N=C(\NN)c1ccc2[nH]nc(-c3ccsc3)c2c1. The van der Waals surface area contributed by atoms with Crippen LogP contribution in [0.5, 0.6) is 0 Å². The van der Waals surface area contributed by atoms with Gasteiger partial charge in [-0.05, 0) is 29.6 Å². The molecule has 2 aromatic heterocycles. The molecule has 19 heavy (non-hydrogen) atoms. The van der Waals surface area contributed by atoms with E-state index in [0.717, 1.165) is 27.7 Å². The van der Waals surface area contributed by atoms with Crippen molar-refractivity contribution in [2.45, 2.75) is 0 Å². The molecule has 6 N–H and O–H groups in total. The Labute approximate surface area is 113 Å². The number of aromatic nitrogens is 2. The molecule has 1 aromatic carbocycles. The van der Waals surface area contributed by atoms with E-state index in [1.165, 1.54) is 0 Å². The maximum atomic E-state index is 5.38. The van der Waals surface area contributed by atoms with E-state index in [0.29, 0.717) is 5.84 Å². The lowest BCUT2D eigenvalue weighted by Gasteiger charge is -2.04. The number of amidine groups is 1. The second-order valence-corrected chi connectivity index (χ2v) is 4.75. The van der Waals surface area contributed by atoms with Crippen LogP contribution in [0.2, 0.25) is 0 Å².